The van der Waals surface area contributed by atoms with E-state index in [1.807, 2.05) is 25.1 Å². The number of hydrogen-bond donors (Lipinski definition) is 1. The molecule has 2 aliphatic rings. The van der Waals surface area contributed by atoms with Crippen LogP contribution < -0.4 is 15.0 Å². The number of carbonyl (C=O) groups excluding carboxylic acids is 3. The molecule has 0 bridgehead atoms. The molecule has 0 radical (unpaired) electrons. The molecular weight excluding hydrogens is 370 g/mol. The highest BCUT2D eigenvalue weighted by atomic mass is 16.5. The van der Waals surface area contributed by atoms with Gasteiger partial charge in [-0.05, 0) is 62.2 Å². The third-order valence-corrected chi connectivity index (χ3v) is 5.70. The molecule has 0 spiro atoms. The highest BCUT2D eigenvalue weighted by Gasteiger charge is 2.60. The lowest BCUT2D eigenvalue weighted by molar-refractivity contribution is -0.160. The van der Waals surface area contributed by atoms with E-state index in [0.717, 1.165) is 5.56 Å². The normalized spacial score (nSPS) is 23.3. The zero-order valence-corrected chi connectivity index (χ0v) is 16.6. The van der Waals surface area contributed by atoms with Crippen LogP contribution in [-0.4, -0.2) is 47.9 Å². The molecule has 2 atom stereocenters. The van der Waals surface area contributed by atoms with E-state index in [-0.39, 0.29) is 11.8 Å². The summed E-state index contributed by atoms with van der Waals surface area (Å²) >= 11 is 0. The Morgan fingerprint density at radius 1 is 1.17 bits per heavy atom. The number of nitrogens with one attached hydrogen (secondary N) is 1. The molecular formula is C22H23N3O4. The van der Waals surface area contributed by atoms with Crippen molar-refractivity contribution in [3.8, 4) is 5.75 Å². The zero-order valence-electron chi connectivity index (χ0n) is 16.6. The number of nitrogens with zero attached hydrogens (tertiary/aromatic N) is 2. The topological polar surface area (TPSA) is 79.0 Å². The van der Waals surface area contributed by atoms with Gasteiger partial charge in [0.25, 0.3) is 17.7 Å². The first-order valence-electron chi connectivity index (χ1n) is 9.53. The molecule has 2 unspecified atom stereocenters. The lowest BCUT2D eigenvalue weighted by Crippen LogP contribution is -2.78. The first kappa shape index (κ1) is 19.0. The molecule has 2 fully saturated rings. The maximum Gasteiger partial charge on any atom is 0.260 e. The Morgan fingerprint density at radius 2 is 1.90 bits per heavy atom. The van der Waals surface area contributed by atoms with Gasteiger partial charge in [0.2, 0.25) is 5.54 Å². The molecule has 1 N–H and O–H groups in total. The predicted molar refractivity (Wildman–Crippen MR) is 109 cm³/mol. The number of carbonyl (C=O) groups is 3. The number of benzene rings is 2. The molecule has 2 aliphatic heterocycles. The third-order valence-electron chi connectivity index (χ3n) is 5.70. The van der Waals surface area contributed by atoms with E-state index >= 15 is 0 Å². The van der Waals surface area contributed by atoms with Crippen molar-refractivity contribution in [3.63, 3.8) is 0 Å². The summed E-state index contributed by atoms with van der Waals surface area (Å²) < 4.78 is 5.19. The third kappa shape index (κ3) is 2.93. The van der Waals surface area contributed by atoms with E-state index < -0.39 is 17.5 Å². The van der Waals surface area contributed by atoms with Gasteiger partial charge < -0.3 is 15.0 Å². The number of rotatable bonds is 4. The Balaban J connectivity index is 1.75. The first-order chi connectivity index (χ1) is 13.9. The fourth-order valence-electron chi connectivity index (χ4n) is 3.92. The van der Waals surface area contributed by atoms with Crippen LogP contribution in [0.2, 0.25) is 0 Å². The summed E-state index contributed by atoms with van der Waals surface area (Å²) in [5.74, 6) is -0.527. The number of aryl methyl sites for hydroxylation is 1. The molecule has 2 aromatic rings. The Kier molecular flexibility index (Phi) is 4.53. The monoisotopic (exact) mass is 393 g/mol. The van der Waals surface area contributed by atoms with Crippen LogP contribution in [0.5, 0.6) is 5.75 Å². The molecule has 0 saturated carbocycles. The van der Waals surface area contributed by atoms with Gasteiger partial charge in [0.1, 0.15) is 11.8 Å². The summed E-state index contributed by atoms with van der Waals surface area (Å²) in [7, 11) is 1.55. The second kappa shape index (κ2) is 6.92. The zero-order chi connectivity index (χ0) is 20.8. The minimum absolute atomic E-state index is 0.247. The molecule has 2 heterocycles. The SMILES string of the molecule is COc1ccc(N2C(=O)C3CCN3C(=O)C2(C)C(=O)Nc2cccc(C)c2)cc1. The smallest absolute Gasteiger partial charge is 0.260 e. The van der Waals surface area contributed by atoms with E-state index in [9.17, 15) is 14.4 Å². The van der Waals surface area contributed by atoms with Gasteiger partial charge in [-0.2, -0.15) is 0 Å². The maximum atomic E-state index is 13.4. The molecule has 2 aromatic carbocycles. The van der Waals surface area contributed by atoms with Gasteiger partial charge in [-0.25, -0.2) is 0 Å². The highest BCUT2D eigenvalue weighted by Crippen LogP contribution is 2.38. The fraction of sp³-hybridized carbons (Fsp3) is 0.318. The second-order valence-electron chi connectivity index (χ2n) is 7.57. The van der Waals surface area contributed by atoms with Crippen molar-refractivity contribution in [2.24, 2.45) is 0 Å². The average Bonchev–Trinajstić information content (AvgIpc) is 2.66. The number of hydrogen-bond acceptors (Lipinski definition) is 4. The van der Waals surface area contributed by atoms with Crippen molar-refractivity contribution in [1.82, 2.24) is 4.90 Å². The number of methoxy groups -OCH3 is 1. The van der Waals surface area contributed by atoms with Gasteiger partial charge in [-0.3, -0.25) is 19.3 Å². The van der Waals surface area contributed by atoms with E-state index in [1.165, 1.54) is 16.7 Å². The van der Waals surface area contributed by atoms with Crippen molar-refractivity contribution < 1.29 is 19.1 Å². The van der Waals surface area contributed by atoms with Gasteiger partial charge in [0.15, 0.2) is 0 Å². The van der Waals surface area contributed by atoms with Crippen molar-refractivity contribution in [2.45, 2.75) is 31.8 Å². The summed E-state index contributed by atoms with van der Waals surface area (Å²) in [6.45, 7) is 3.91. The van der Waals surface area contributed by atoms with Crippen molar-refractivity contribution >= 4 is 29.1 Å². The van der Waals surface area contributed by atoms with E-state index in [4.69, 9.17) is 4.74 Å². The van der Waals surface area contributed by atoms with E-state index in [2.05, 4.69) is 5.32 Å². The Hall–Kier alpha value is -3.35. The standard InChI is InChI=1S/C22H23N3O4/c1-14-5-4-6-15(13-14)23-20(27)22(2)21(28)24-12-11-18(24)19(26)25(22)16-7-9-17(29-3)10-8-16/h4-10,13,18H,11-12H2,1-3H3,(H,23,27). The van der Waals surface area contributed by atoms with Crippen LogP contribution in [0.3, 0.4) is 0 Å². The molecule has 29 heavy (non-hydrogen) atoms. The molecule has 2 saturated heterocycles. The Labute approximate surface area is 169 Å². The van der Waals surface area contributed by atoms with Crippen LogP contribution in [0.1, 0.15) is 18.9 Å². The lowest BCUT2D eigenvalue weighted by Gasteiger charge is -2.54. The number of piperazine rings is 1. The summed E-state index contributed by atoms with van der Waals surface area (Å²) in [5, 5.41) is 2.82. The molecule has 150 valence electrons. The van der Waals surface area contributed by atoms with Gasteiger partial charge in [-0.15, -0.1) is 0 Å². The maximum absolute atomic E-state index is 13.4. The van der Waals surface area contributed by atoms with Crippen LogP contribution in [0.4, 0.5) is 11.4 Å². The largest absolute Gasteiger partial charge is 0.497 e. The number of fused-ring (bicyclic) bond motifs is 1. The summed E-state index contributed by atoms with van der Waals surface area (Å²) in [4.78, 5) is 42.7. The summed E-state index contributed by atoms with van der Waals surface area (Å²) in [6.07, 6.45) is 0.604. The van der Waals surface area contributed by atoms with Crippen LogP contribution in [0, 0.1) is 6.92 Å². The van der Waals surface area contributed by atoms with Gasteiger partial charge >= 0.3 is 0 Å². The fourth-order valence-corrected chi connectivity index (χ4v) is 3.92. The molecule has 4 rings (SSSR count). The van der Waals surface area contributed by atoms with Crippen LogP contribution in [-0.2, 0) is 14.4 Å². The van der Waals surface area contributed by atoms with Crippen molar-refractivity contribution in [2.75, 3.05) is 23.9 Å². The van der Waals surface area contributed by atoms with Gasteiger partial charge in [-0.1, -0.05) is 12.1 Å². The molecule has 7 nitrogen and oxygen atoms in total. The minimum atomic E-state index is -1.69. The van der Waals surface area contributed by atoms with Gasteiger partial charge in [0.05, 0.1) is 7.11 Å². The molecule has 3 amide bonds. The molecule has 0 aromatic heterocycles. The quantitative estimate of drug-likeness (QED) is 0.809. The minimum Gasteiger partial charge on any atom is -0.497 e. The first-order valence-corrected chi connectivity index (χ1v) is 9.53. The van der Waals surface area contributed by atoms with Crippen molar-refractivity contribution in [1.29, 1.82) is 0 Å². The summed E-state index contributed by atoms with van der Waals surface area (Å²) in [5.41, 5.74) is 0.357. The Bertz CT molecular complexity index is 988. The van der Waals surface area contributed by atoms with Crippen LogP contribution in [0.15, 0.2) is 48.5 Å². The van der Waals surface area contributed by atoms with E-state index in [0.29, 0.717) is 30.1 Å². The van der Waals surface area contributed by atoms with Crippen molar-refractivity contribution in [3.05, 3.63) is 54.1 Å². The van der Waals surface area contributed by atoms with Crippen LogP contribution >= 0.6 is 0 Å². The summed E-state index contributed by atoms with van der Waals surface area (Å²) in [6, 6.07) is 13.6. The molecule has 7 heteroatoms. The average molecular weight is 393 g/mol. The van der Waals surface area contributed by atoms with E-state index in [1.54, 1.807) is 37.4 Å². The predicted octanol–water partition coefficient (Wildman–Crippen LogP) is 2.35. The second-order valence-corrected chi connectivity index (χ2v) is 7.57. The molecule has 0 aliphatic carbocycles. The number of amides is 3. The Morgan fingerprint density at radius 3 is 2.48 bits per heavy atom. The lowest BCUT2D eigenvalue weighted by atomic mass is 9.85. The highest BCUT2D eigenvalue weighted by molar-refractivity contribution is 6.25. The van der Waals surface area contributed by atoms with Crippen LogP contribution in [0.25, 0.3) is 0 Å². The number of anilines is 2. The van der Waals surface area contributed by atoms with Gasteiger partial charge in [0, 0.05) is 17.9 Å². The number of ether oxygens (including phenoxy) is 1.